The van der Waals surface area contributed by atoms with E-state index in [1.165, 1.54) is 4.90 Å². The monoisotopic (exact) mass is 676 g/mol. The number of amides is 3. The summed E-state index contributed by atoms with van der Waals surface area (Å²) in [5.74, 6) is -2.68. The topological polar surface area (TPSA) is 121 Å². The normalized spacial score (nSPS) is 27.4. The van der Waals surface area contributed by atoms with Crippen LogP contribution in [-0.2, 0) is 32.3 Å². The van der Waals surface area contributed by atoms with Gasteiger partial charge in [-0.25, -0.2) is 4.68 Å². The maximum atomic E-state index is 14.7. The van der Waals surface area contributed by atoms with Crippen molar-refractivity contribution in [2.45, 2.75) is 55.2 Å². The standard InChI is InChI=1S/C33H37BrN6O5/c1-4-15-37(18-22-11-7-6-8-12-22)30(42)26-27-31(43)40(21(3)19-41)29(33(27)17-23(34)28(26)45-33)32(44)38(16-5-2)20-39-25-14-10-9-13-24(25)35-36-39/h4-14,21,23,26-29,41H,1-2,15-20H2,3H3/t21-,23?,26-,27+,28-,29?,33?/m1/s1. The summed E-state index contributed by atoms with van der Waals surface area (Å²) in [6.45, 7) is 9.92. The number of para-hydroxylation sites is 1. The molecule has 2 bridgehead atoms. The molecule has 12 heteroatoms. The van der Waals surface area contributed by atoms with Gasteiger partial charge in [0.05, 0.1) is 36.1 Å². The number of hydrogen-bond donors (Lipinski definition) is 1. The number of aliphatic hydroxyl groups excluding tert-OH is 1. The molecule has 1 aromatic heterocycles. The van der Waals surface area contributed by atoms with Crippen LogP contribution in [0, 0.1) is 11.8 Å². The Bertz CT molecular complexity index is 1620. The SMILES string of the molecule is C=CCN(Cn1nnc2ccccc21)C(=O)C1N([C@H](C)CO)C(=O)[C@@H]2[C@@H](C(=O)N(CC=C)Cc3ccccc3)[C@@H]3OC12CC3Br. The molecule has 2 aromatic carbocycles. The van der Waals surface area contributed by atoms with Crippen LogP contribution in [0.1, 0.15) is 18.9 Å². The van der Waals surface area contributed by atoms with Crippen molar-refractivity contribution in [3.05, 3.63) is 85.5 Å². The molecule has 1 N–H and O–H groups in total. The number of benzene rings is 2. The number of fused-ring (bicyclic) bond motifs is 2. The van der Waals surface area contributed by atoms with Crippen LogP contribution in [0.5, 0.6) is 0 Å². The average Bonchev–Trinajstić information content (AvgIpc) is 3.77. The first-order valence-electron chi connectivity index (χ1n) is 15.1. The van der Waals surface area contributed by atoms with Gasteiger partial charge in [0.15, 0.2) is 0 Å². The summed E-state index contributed by atoms with van der Waals surface area (Å²) >= 11 is 3.75. The van der Waals surface area contributed by atoms with Crippen molar-refractivity contribution in [1.82, 2.24) is 29.7 Å². The van der Waals surface area contributed by atoms with Crippen molar-refractivity contribution < 1.29 is 24.2 Å². The van der Waals surface area contributed by atoms with Gasteiger partial charge in [-0.05, 0) is 31.0 Å². The molecule has 0 aliphatic carbocycles. The van der Waals surface area contributed by atoms with Crippen LogP contribution in [-0.4, -0.2) is 101 Å². The van der Waals surface area contributed by atoms with E-state index < -0.39 is 35.6 Å². The highest BCUT2D eigenvalue weighted by Crippen LogP contribution is 2.60. The highest BCUT2D eigenvalue weighted by molar-refractivity contribution is 9.09. The van der Waals surface area contributed by atoms with E-state index in [1.807, 2.05) is 54.6 Å². The Kier molecular flexibility index (Phi) is 8.64. The molecule has 3 aliphatic rings. The van der Waals surface area contributed by atoms with Crippen molar-refractivity contribution >= 4 is 44.7 Å². The van der Waals surface area contributed by atoms with Crippen molar-refractivity contribution in [3.63, 3.8) is 0 Å². The molecule has 3 saturated heterocycles. The fourth-order valence-electron chi connectivity index (χ4n) is 7.32. The van der Waals surface area contributed by atoms with E-state index in [4.69, 9.17) is 4.74 Å². The van der Waals surface area contributed by atoms with Crippen molar-refractivity contribution in [2.24, 2.45) is 11.8 Å². The molecule has 45 heavy (non-hydrogen) atoms. The number of nitrogens with zero attached hydrogens (tertiary/aromatic N) is 6. The second-order valence-corrected chi connectivity index (χ2v) is 13.2. The molecule has 7 atom stereocenters. The van der Waals surface area contributed by atoms with Gasteiger partial charge < -0.3 is 24.5 Å². The minimum absolute atomic E-state index is 0.0614. The summed E-state index contributed by atoms with van der Waals surface area (Å²) in [4.78, 5) is 47.9. The highest BCUT2D eigenvalue weighted by atomic mass is 79.9. The second kappa shape index (κ2) is 12.5. The molecule has 3 amide bonds. The van der Waals surface area contributed by atoms with Crippen LogP contribution in [0.2, 0.25) is 0 Å². The molecule has 1 spiro atoms. The molecule has 3 aromatic rings. The Labute approximate surface area is 270 Å². The van der Waals surface area contributed by atoms with Crippen molar-refractivity contribution in [2.75, 3.05) is 19.7 Å². The number of ether oxygens (including phenoxy) is 1. The number of carbonyl (C=O) groups is 3. The zero-order valence-electron chi connectivity index (χ0n) is 25.1. The minimum atomic E-state index is -1.27. The van der Waals surface area contributed by atoms with Gasteiger partial charge in [0.1, 0.15) is 23.8 Å². The zero-order valence-corrected chi connectivity index (χ0v) is 26.7. The van der Waals surface area contributed by atoms with Crippen LogP contribution >= 0.6 is 15.9 Å². The average molecular weight is 678 g/mol. The Balaban J connectivity index is 1.37. The molecular formula is C33H37BrN6O5. The molecule has 4 heterocycles. The second-order valence-electron chi connectivity index (χ2n) is 12.0. The van der Waals surface area contributed by atoms with E-state index in [2.05, 4.69) is 39.4 Å². The number of aromatic nitrogens is 3. The fraction of sp³-hybridized carbons (Fsp3) is 0.424. The first-order valence-corrected chi connectivity index (χ1v) is 16.0. The smallest absolute Gasteiger partial charge is 0.250 e. The molecule has 3 unspecified atom stereocenters. The Morgan fingerprint density at radius 3 is 2.51 bits per heavy atom. The first kappa shape index (κ1) is 31.1. The molecule has 3 aliphatic heterocycles. The lowest BCUT2D eigenvalue weighted by molar-refractivity contribution is -0.152. The van der Waals surface area contributed by atoms with E-state index in [-0.39, 0.29) is 48.9 Å². The Hall–Kier alpha value is -3.87. The summed E-state index contributed by atoms with van der Waals surface area (Å²) < 4.78 is 8.33. The van der Waals surface area contributed by atoms with Gasteiger partial charge in [-0.1, -0.05) is 75.8 Å². The molecule has 6 rings (SSSR count). The number of hydrogen-bond acceptors (Lipinski definition) is 7. The van der Waals surface area contributed by atoms with Crippen LogP contribution in [0.25, 0.3) is 11.0 Å². The van der Waals surface area contributed by atoms with Crippen LogP contribution in [0.4, 0.5) is 0 Å². The lowest BCUT2D eigenvalue weighted by Crippen LogP contribution is -2.58. The molecule has 3 fully saturated rings. The third-order valence-electron chi connectivity index (χ3n) is 9.25. The maximum absolute atomic E-state index is 14.7. The van der Waals surface area contributed by atoms with Gasteiger partial charge in [0.2, 0.25) is 17.7 Å². The summed E-state index contributed by atoms with van der Waals surface area (Å²) in [6.07, 6.45) is 3.03. The first-order chi connectivity index (χ1) is 21.7. The summed E-state index contributed by atoms with van der Waals surface area (Å²) in [7, 11) is 0. The predicted octanol–water partition coefficient (Wildman–Crippen LogP) is 2.75. The summed E-state index contributed by atoms with van der Waals surface area (Å²) in [5.41, 5.74) is 1.12. The van der Waals surface area contributed by atoms with Crippen LogP contribution in [0.3, 0.4) is 0 Å². The fourth-order valence-corrected chi connectivity index (χ4v) is 8.27. The summed E-state index contributed by atoms with van der Waals surface area (Å²) in [5, 5.41) is 18.7. The Morgan fingerprint density at radius 1 is 1.11 bits per heavy atom. The van der Waals surface area contributed by atoms with Gasteiger partial charge in [0, 0.05) is 24.5 Å². The van der Waals surface area contributed by atoms with E-state index in [1.54, 1.807) is 33.6 Å². The number of aliphatic hydroxyl groups is 1. The maximum Gasteiger partial charge on any atom is 0.250 e. The van der Waals surface area contributed by atoms with E-state index in [9.17, 15) is 19.5 Å². The lowest BCUT2D eigenvalue weighted by atomic mass is 9.70. The third kappa shape index (κ3) is 5.18. The van der Waals surface area contributed by atoms with E-state index >= 15 is 0 Å². The number of alkyl halides is 1. The van der Waals surface area contributed by atoms with E-state index in [0.29, 0.717) is 18.5 Å². The number of likely N-dealkylation sites (tertiary alicyclic amines) is 1. The third-order valence-corrected chi connectivity index (χ3v) is 10.1. The molecule has 236 valence electrons. The van der Waals surface area contributed by atoms with E-state index in [0.717, 1.165) is 11.1 Å². The summed E-state index contributed by atoms with van der Waals surface area (Å²) in [6, 6.07) is 15.3. The zero-order chi connectivity index (χ0) is 31.9. The van der Waals surface area contributed by atoms with Crippen molar-refractivity contribution in [1.29, 1.82) is 0 Å². The van der Waals surface area contributed by atoms with Crippen LogP contribution < -0.4 is 0 Å². The number of carbonyl (C=O) groups excluding carboxylic acids is 3. The molecule has 0 radical (unpaired) electrons. The number of halogens is 1. The van der Waals surface area contributed by atoms with Gasteiger partial charge in [-0.2, -0.15) is 0 Å². The predicted molar refractivity (Wildman–Crippen MR) is 171 cm³/mol. The molecule has 0 saturated carbocycles. The largest absolute Gasteiger partial charge is 0.394 e. The van der Waals surface area contributed by atoms with Crippen LogP contribution in [0.15, 0.2) is 79.9 Å². The van der Waals surface area contributed by atoms with Gasteiger partial charge in [-0.15, -0.1) is 18.3 Å². The lowest BCUT2D eigenvalue weighted by Gasteiger charge is -2.38. The van der Waals surface area contributed by atoms with Crippen molar-refractivity contribution in [3.8, 4) is 0 Å². The van der Waals surface area contributed by atoms with Gasteiger partial charge >= 0.3 is 0 Å². The quantitative estimate of drug-likeness (QED) is 0.231. The minimum Gasteiger partial charge on any atom is -0.394 e. The highest BCUT2D eigenvalue weighted by Gasteiger charge is 2.77. The number of rotatable bonds is 12. The van der Waals surface area contributed by atoms with Gasteiger partial charge in [0.25, 0.3) is 0 Å². The van der Waals surface area contributed by atoms with Gasteiger partial charge in [-0.3, -0.25) is 14.4 Å². The molecular weight excluding hydrogens is 640 g/mol. The molecule has 11 nitrogen and oxygen atoms in total. The Morgan fingerprint density at radius 2 is 1.80 bits per heavy atom.